The molecule has 13 rings (SSSR count). The van der Waals surface area contributed by atoms with Gasteiger partial charge in [-0.1, -0.05) is 205 Å². The van der Waals surface area contributed by atoms with Gasteiger partial charge in [-0.05, 0) is 271 Å². The lowest BCUT2D eigenvalue weighted by molar-refractivity contribution is 0.0744. The molecule has 8 N–H and O–H groups in total. The predicted octanol–water partition coefficient (Wildman–Crippen LogP) is 23.5. The van der Waals surface area contributed by atoms with Crippen LogP contribution in [0, 0.1) is 0 Å². The van der Waals surface area contributed by atoms with Crippen LogP contribution < -0.4 is 62.0 Å². The Morgan fingerprint density at radius 1 is 0.516 bits per heavy atom. The highest BCUT2D eigenvalue weighted by atomic mass is 28.4. The zero-order valence-corrected chi connectivity index (χ0v) is 79.3. The number of aryl methyl sites for hydroxylation is 1. The molecule has 0 radical (unpaired) electrons. The number of hydrogen-bond donors (Lipinski definition) is 7. The Morgan fingerprint density at radius 3 is 1.59 bits per heavy atom. The quantitative estimate of drug-likeness (QED) is 0.0141. The summed E-state index contributed by atoms with van der Waals surface area (Å²) >= 11 is 0. The van der Waals surface area contributed by atoms with Gasteiger partial charge in [0, 0.05) is 70.8 Å². The van der Waals surface area contributed by atoms with E-state index in [2.05, 4.69) is 211 Å². The SMILES string of the molecule is CC(C)(C)NC1CCC(N(C(=O)OC2CCC(N)CC2)c2cc(CCCCOc3ccc(CCNC[C@@H](O[Si](C)(C)C(C)(C)C)c4ccc(OC(=O)Nc5cc(/C=C/CCOc6ccc(CCNC[C@@H](O[Si](C)(C)C(C)(C)C)c7ccc(OCc8ccccc8)c8[nH]c(=O)ccc78)cc6)ccc5-c5ccccc5)c5[nH]c(=O)ccc45)cc3)ccc2-c2ccccc2)CC1. The third kappa shape index (κ3) is 26.3. The third-order valence-corrected chi connectivity index (χ3v) is 34.7. The number of nitrogens with one attached hydrogen (secondary N) is 6. The van der Waals surface area contributed by atoms with Crippen molar-refractivity contribution in [3.8, 4) is 45.3 Å². The summed E-state index contributed by atoms with van der Waals surface area (Å²) in [7, 11) is -4.67. The Hall–Kier alpha value is -10.7. The summed E-state index contributed by atoms with van der Waals surface area (Å²) in [4.78, 5) is 63.3. The van der Waals surface area contributed by atoms with Crippen molar-refractivity contribution in [1.29, 1.82) is 0 Å². The van der Waals surface area contributed by atoms with E-state index in [1.54, 1.807) is 18.2 Å². The van der Waals surface area contributed by atoms with Gasteiger partial charge in [-0.15, -0.1) is 0 Å². The normalized spacial score (nSPS) is 16.4. The molecule has 0 spiro atoms. The first-order chi connectivity index (χ1) is 61.4. The number of carbonyl (C=O) groups excluding carboxylic acids is 2. The van der Waals surface area contributed by atoms with Gasteiger partial charge in [0.05, 0.1) is 47.8 Å². The van der Waals surface area contributed by atoms with Crippen molar-refractivity contribution in [3.63, 3.8) is 0 Å². The molecular weight excluding hydrogens is 1630 g/mol. The number of carbonyl (C=O) groups is 2. The lowest BCUT2D eigenvalue weighted by atomic mass is 9.87. The molecule has 2 fully saturated rings. The van der Waals surface area contributed by atoms with Gasteiger partial charge in [0.1, 0.15) is 30.0 Å². The summed E-state index contributed by atoms with van der Waals surface area (Å²) in [5, 5.41) is 15.8. The fourth-order valence-electron chi connectivity index (χ4n) is 16.6. The molecule has 2 aliphatic rings. The number of ether oxygens (including phenoxy) is 5. The predicted molar refractivity (Wildman–Crippen MR) is 527 cm³/mol. The Balaban J connectivity index is 0.599. The number of H-pyrrole nitrogens is 2. The minimum atomic E-state index is -2.41. The summed E-state index contributed by atoms with van der Waals surface area (Å²) < 4.78 is 46.0. The molecule has 128 heavy (non-hydrogen) atoms. The van der Waals surface area contributed by atoms with Crippen molar-refractivity contribution < 1.29 is 42.1 Å². The van der Waals surface area contributed by atoms with Crippen molar-refractivity contribution in [2.24, 2.45) is 5.73 Å². The number of fused-ring (bicyclic) bond motifs is 2. The zero-order valence-electron chi connectivity index (χ0n) is 77.3. The van der Waals surface area contributed by atoms with Gasteiger partial charge in [-0.3, -0.25) is 19.8 Å². The van der Waals surface area contributed by atoms with E-state index in [0.29, 0.717) is 79.8 Å². The molecule has 21 heteroatoms. The van der Waals surface area contributed by atoms with Crippen LogP contribution in [0.2, 0.25) is 36.3 Å². The van der Waals surface area contributed by atoms with E-state index >= 15 is 0 Å². The fraction of sp³-hybridized carbons (Fsp3) is 0.402. The monoisotopic (exact) mass is 1760 g/mol. The van der Waals surface area contributed by atoms with Gasteiger partial charge in [-0.2, -0.15) is 0 Å². The Kier molecular flexibility index (Phi) is 32.3. The maximum atomic E-state index is 14.7. The van der Waals surface area contributed by atoms with E-state index < -0.39 is 28.8 Å². The van der Waals surface area contributed by atoms with E-state index in [-0.39, 0.29) is 62.9 Å². The number of anilines is 2. The van der Waals surface area contributed by atoms with E-state index in [9.17, 15) is 19.2 Å². The molecule has 19 nitrogen and oxygen atoms in total. The summed E-state index contributed by atoms with van der Waals surface area (Å²) in [5.41, 5.74) is 19.4. The first-order valence-electron chi connectivity index (χ1n) is 46.1. The standard InChI is InChI=1S/C107H134N8O11Si2/c1-105(2,3)114-82-43-45-83(46-44-82)115(104(119)123-86-51-41-81(108)42-52-86)94-70-77(40-54-88(94)80-33-21-16-22-34-80)28-24-26-68-121-85-49-37-75(38-50-85)64-66-110-72-98(126-128(12,13)107(7,8)9)90-56-60-96(102-92(90)58-62-100(117)113-102)124-103(118)111-93-69-76(39-53-87(93)79-31-19-15-20-32-79)27-23-25-67-120-84-47-35-74(36-48-84)63-65-109-71-97(125-127(10,11)106(4,5)6)89-55-59-95(101-91(89)57-61-99(116)112-101)122-73-78-29-17-14-18-30-78/h14-23,27,29-40,47-50,53-62,69-70,81-83,86,97-98,109-110,114H,24-26,28,41-46,51-52,63-68,71-73,108H2,1-13H3,(H,111,118)(H,112,116)(H,113,117)/b27-23+/t81?,82?,83?,86?,97-,98-/m1/s1. The number of aromatic nitrogens is 2. The number of unbranched alkanes of at least 4 members (excludes halogenated alkanes) is 1. The van der Waals surface area contributed by atoms with Crippen LogP contribution in [-0.2, 0) is 39.5 Å². The molecule has 0 aliphatic heterocycles. The second kappa shape index (κ2) is 43.6. The van der Waals surface area contributed by atoms with Crippen molar-refractivity contribution in [3.05, 3.63) is 290 Å². The van der Waals surface area contributed by atoms with Crippen LogP contribution >= 0.6 is 0 Å². The van der Waals surface area contributed by atoms with Gasteiger partial charge in [0.2, 0.25) is 11.1 Å². The second-order valence-corrected chi connectivity index (χ2v) is 48.2. The van der Waals surface area contributed by atoms with Crippen LogP contribution in [0.25, 0.3) is 50.1 Å². The first kappa shape index (κ1) is 94.9. The number of amides is 2. The van der Waals surface area contributed by atoms with Gasteiger partial charge in [-0.25, -0.2) is 9.59 Å². The molecule has 9 aromatic carbocycles. The molecule has 0 saturated heterocycles. The molecule has 0 unspecified atom stereocenters. The van der Waals surface area contributed by atoms with Crippen LogP contribution in [0.4, 0.5) is 21.0 Å². The summed E-state index contributed by atoms with van der Waals surface area (Å²) in [6.07, 6.45) is 14.1. The minimum Gasteiger partial charge on any atom is -0.494 e. The minimum absolute atomic E-state index is 0.00821. The van der Waals surface area contributed by atoms with Gasteiger partial charge in [0.25, 0.3) is 0 Å². The van der Waals surface area contributed by atoms with Crippen LogP contribution in [0.15, 0.2) is 240 Å². The Labute approximate surface area is 759 Å². The molecule has 2 heterocycles. The first-order valence-corrected chi connectivity index (χ1v) is 51.9. The average Bonchev–Trinajstić information content (AvgIpc) is 0.778. The molecule has 2 amide bonds. The van der Waals surface area contributed by atoms with Crippen molar-refractivity contribution in [2.45, 2.75) is 237 Å². The van der Waals surface area contributed by atoms with Crippen molar-refractivity contribution in [1.82, 2.24) is 25.9 Å². The molecule has 11 aromatic rings. The smallest absolute Gasteiger partial charge is 0.417 e. The van der Waals surface area contributed by atoms with E-state index in [1.165, 1.54) is 17.2 Å². The molecule has 2 aliphatic carbocycles. The fourth-order valence-corrected chi connectivity index (χ4v) is 19.2. The van der Waals surface area contributed by atoms with Crippen LogP contribution in [-0.4, -0.2) is 108 Å². The van der Waals surface area contributed by atoms with E-state index in [4.69, 9.17) is 38.3 Å². The second-order valence-electron chi connectivity index (χ2n) is 38.7. The Bertz CT molecular complexity index is 5620. The van der Waals surface area contributed by atoms with Crippen LogP contribution in [0.5, 0.6) is 23.0 Å². The number of rotatable bonds is 38. The molecule has 2 saturated carbocycles. The number of pyridine rings is 2. The lowest BCUT2D eigenvalue weighted by Crippen LogP contribution is -2.50. The van der Waals surface area contributed by atoms with Crippen molar-refractivity contribution >= 4 is 68.1 Å². The number of nitrogens with zero attached hydrogens (tertiary/aromatic N) is 1. The molecular formula is C107H134N8O11Si2. The third-order valence-electron chi connectivity index (χ3n) is 25.7. The molecule has 2 atom stereocenters. The van der Waals surface area contributed by atoms with E-state index in [0.717, 1.165) is 163 Å². The topological polar surface area (TPSA) is 242 Å². The number of nitrogens with two attached hydrogens (primary N) is 1. The van der Waals surface area contributed by atoms with Crippen LogP contribution in [0.1, 0.15) is 184 Å². The van der Waals surface area contributed by atoms with Gasteiger partial charge >= 0.3 is 12.2 Å². The summed E-state index contributed by atoms with van der Waals surface area (Å²) in [5.74, 6) is 2.41. The van der Waals surface area contributed by atoms with Gasteiger partial charge in [0.15, 0.2) is 22.4 Å². The number of hydrogen-bond acceptors (Lipinski definition) is 15. The molecule has 676 valence electrons. The van der Waals surface area contributed by atoms with Crippen LogP contribution in [0.3, 0.4) is 0 Å². The molecule has 0 bridgehead atoms. The van der Waals surface area contributed by atoms with Crippen molar-refractivity contribution in [2.75, 3.05) is 49.6 Å². The zero-order chi connectivity index (χ0) is 90.6. The lowest BCUT2D eigenvalue weighted by Gasteiger charge is -2.40. The van der Waals surface area contributed by atoms with E-state index in [1.807, 2.05) is 126 Å². The Morgan fingerprint density at radius 2 is 1.03 bits per heavy atom. The molecule has 2 aromatic heterocycles. The maximum absolute atomic E-state index is 14.7. The number of benzene rings is 9. The van der Waals surface area contributed by atoms with Gasteiger partial charge < -0.3 is 64.2 Å². The highest BCUT2D eigenvalue weighted by Gasteiger charge is 2.42. The highest BCUT2D eigenvalue weighted by molar-refractivity contribution is 6.74. The summed E-state index contributed by atoms with van der Waals surface area (Å²) in [6, 6.07) is 74.5. The maximum Gasteiger partial charge on any atom is 0.417 e. The number of aromatic amines is 2. The average molecular weight is 1760 g/mol. The highest BCUT2D eigenvalue weighted by Crippen LogP contribution is 2.45. The largest absolute Gasteiger partial charge is 0.494 e. The summed E-state index contributed by atoms with van der Waals surface area (Å²) in [6.45, 7) is 33.0.